The summed E-state index contributed by atoms with van der Waals surface area (Å²) in [5, 5.41) is 0.396. The lowest BCUT2D eigenvalue weighted by Gasteiger charge is -2.19. The molecule has 108 valence electrons. The summed E-state index contributed by atoms with van der Waals surface area (Å²) in [5.74, 6) is 1.02. The second-order valence-corrected chi connectivity index (χ2v) is 7.95. The Morgan fingerprint density at radius 1 is 1.53 bits per heavy atom. The first-order valence-electron chi connectivity index (χ1n) is 6.58. The normalized spacial score (nSPS) is 23.9. The van der Waals surface area contributed by atoms with E-state index >= 15 is 0 Å². The SMILES string of the molecule is CCSC1CCCC1NS(=O)(=O)c1c[nH]c(CN)c1. The number of rotatable bonds is 6. The fourth-order valence-corrected chi connectivity index (χ4v) is 5.05. The maximum Gasteiger partial charge on any atom is 0.242 e. The van der Waals surface area contributed by atoms with Crippen molar-refractivity contribution in [3.05, 3.63) is 18.0 Å². The Balaban J connectivity index is 2.08. The molecule has 1 aromatic rings. The Labute approximate surface area is 118 Å². The molecule has 0 bridgehead atoms. The first-order valence-corrected chi connectivity index (χ1v) is 9.11. The van der Waals surface area contributed by atoms with Gasteiger partial charge in [-0.2, -0.15) is 11.8 Å². The van der Waals surface area contributed by atoms with Crippen molar-refractivity contribution in [3.63, 3.8) is 0 Å². The zero-order valence-electron chi connectivity index (χ0n) is 11.1. The van der Waals surface area contributed by atoms with Gasteiger partial charge in [-0.3, -0.25) is 0 Å². The van der Waals surface area contributed by atoms with E-state index in [1.54, 1.807) is 6.07 Å². The largest absolute Gasteiger partial charge is 0.363 e. The summed E-state index contributed by atoms with van der Waals surface area (Å²) in [7, 11) is -3.43. The maximum atomic E-state index is 12.3. The standard InChI is InChI=1S/C12H21N3O2S2/c1-2-18-12-5-3-4-11(12)15-19(16,17)10-6-9(7-13)14-8-10/h6,8,11-12,14-15H,2-5,7,13H2,1H3. The number of hydrogen-bond acceptors (Lipinski definition) is 4. The molecule has 19 heavy (non-hydrogen) atoms. The molecule has 0 spiro atoms. The summed E-state index contributed by atoms with van der Waals surface area (Å²) >= 11 is 1.84. The van der Waals surface area contributed by atoms with Crippen LogP contribution in [-0.2, 0) is 16.6 Å². The van der Waals surface area contributed by atoms with Gasteiger partial charge < -0.3 is 10.7 Å². The molecule has 4 N–H and O–H groups in total. The first kappa shape index (κ1) is 14.9. The molecule has 2 rings (SSSR count). The molecule has 1 saturated carbocycles. The average Bonchev–Trinajstić information content (AvgIpc) is 2.99. The minimum Gasteiger partial charge on any atom is -0.363 e. The highest BCUT2D eigenvalue weighted by Gasteiger charge is 2.31. The maximum absolute atomic E-state index is 12.3. The Hall–Kier alpha value is -0.500. The minimum atomic E-state index is -3.43. The Bertz CT molecular complexity index is 513. The van der Waals surface area contributed by atoms with Crippen LogP contribution < -0.4 is 10.5 Å². The van der Waals surface area contributed by atoms with Gasteiger partial charge in [0.2, 0.25) is 10.0 Å². The highest BCUT2D eigenvalue weighted by Crippen LogP contribution is 2.30. The number of aromatic nitrogens is 1. The van der Waals surface area contributed by atoms with E-state index in [2.05, 4.69) is 16.6 Å². The Kier molecular flexibility index (Phi) is 4.94. The van der Waals surface area contributed by atoms with E-state index in [1.165, 1.54) is 6.20 Å². The van der Waals surface area contributed by atoms with Crippen LogP contribution in [0.5, 0.6) is 0 Å². The number of H-pyrrole nitrogens is 1. The van der Waals surface area contributed by atoms with Crippen LogP contribution in [-0.4, -0.2) is 30.4 Å². The van der Waals surface area contributed by atoms with Gasteiger partial charge in [0.25, 0.3) is 0 Å². The van der Waals surface area contributed by atoms with Crippen molar-refractivity contribution in [2.45, 2.75) is 48.9 Å². The number of aromatic amines is 1. The smallest absolute Gasteiger partial charge is 0.242 e. The number of nitrogens with one attached hydrogen (secondary N) is 2. The summed E-state index contributed by atoms with van der Waals surface area (Å²) in [4.78, 5) is 3.15. The summed E-state index contributed by atoms with van der Waals surface area (Å²) in [6.45, 7) is 2.42. The van der Waals surface area contributed by atoms with Crippen molar-refractivity contribution >= 4 is 21.8 Å². The molecule has 2 unspecified atom stereocenters. The van der Waals surface area contributed by atoms with Crippen LogP contribution in [0.25, 0.3) is 0 Å². The Morgan fingerprint density at radius 2 is 2.32 bits per heavy atom. The van der Waals surface area contributed by atoms with E-state index in [9.17, 15) is 8.42 Å². The van der Waals surface area contributed by atoms with Gasteiger partial charge in [-0.1, -0.05) is 13.3 Å². The summed E-state index contributed by atoms with van der Waals surface area (Å²) in [5.41, 5.74) is 6.21. The molecule has 2 atom stereocenters. The van der Waals surface area contributed by atoms with Crippen LogP contribution in [0, 0.1) is 0 Å². The lowest BCUT2D eigenvalue weighted by molar-refractivity contribution is 0.555. The van der Waals surface area contributed by atoms with Crippen molar-refractivity contribution in [2.24, 2.45) is 5.73 Å². The molecule has 1 fully saturated rings. The quantitative estimate of drug-likeness (QED) is 0.742. The van der Waals surface area contributed by atoms with E-state index in [1.807, 2.05) is 11.8 Å². The zero-order chi connectivity index (χ0) is 13.9. The molecule has 0 amide bonds. The van der Waals surface area contributed by atoms with Gasteiger partial charge in [0.1, 0.15) is 0 Å². The summed E-state index contributed by atoms with van der Waals surface area (Å²) < 4.78 is 27.4. The highest BCUT2D eigenvalue weighted by atomic mass is 32.2. The van der Waals surface area contributed by atoms with Gasteiger partial charge in [-0.15, -0.1) is 0 Å². The van der Waals surface area contributed by atoms with Gasteiger partial charge in [0.15, 0.2) is 0 Å². The predicted molar refractivity (Wildman–Crippen MR) is 78.6 cm³/mol. The minimum absolute atomic E-state index is 0.0474. The number of nitrogens with two attached hydrogens (primary N) is 1. The molecule has 1 heterocycles. The van der Waals surface area contributed by atoms with Crippen molar-refractivity contribution in [3.8, 4) is 0 Å². The lowest BCUT2D eigenvalue weighted by atomic mass is 10.3. The van der Waals surface area contributed by atoms with E-state index in [4.69, 9.17) is 5.73 Å². The van der Waals surface area contributed by atoms with Gasteiger partial charge in [0.05, 0.1) is 4.90 Å². The summed E-state index contributed by atoms with van der Waals surface area (Å²) in [6, 6.07) is 1.64. The van der Waals surface area contributed by atoms with Gasteiger partial charge in [0, 0.05) is 29.7 Å². The number of hydrogen-bond donors (Lipinski definition) is 3. The third kappa shape index (κ3) is 3.53. The topological polar surface area (TPSA) is 88.0 Å². The average molecular weight is 303 g/mol. The van der Waals surface area contributed by atoms with E-state index < -0.39 is 10.0 Å². The molecular weight excluding hydrogens is 282 g/mol. The molecule has 0 radical (unpaired) electrons. The molecule has 0 aromatic carbocycles. The van der Waals surface area contributed by atoms with E-state index in [0.29, 0.717) is 11.8 Å². The lowest BCUT2D eigenvalue weighted by Crippen LogP contribution is -2.38. The van der Waals surface area contributed by atoms with Crippen molar-refractivity contribution < 1.29 is 8.42 Å². The molecule has 1 aliphatic rings. The molecule has 5 nitrogen and oxygen atoms in total. The molecule has 0 aliphatic heterocycles. The van der Waals surface area contributed by atoms with Crippen molar-refractivity contribution in [2.75, 3.05) is 5.75 Å². The first-order chi connectivity index (χ1) is 9.06. The van der Waals surface area contributed by atoms with Crippen LogP contribution in [0.2, 0.25) is 0 Å². The highest BCUT2D eigenvalue weighted by molar-refractivity contribution is 8.00. The van der Waals surface area contributed by atoms with Crippen molar-refractivity contribution in [1.29, 1.82) is 0 Å². The van der Waals surface area contributed by atoms with Crippen LogP contribution in [0.15, 0.2) is 17.2 Å². The van der Waals surface area contributed by atoms with Crippen LogP contribution in [0.1, 0.15) is 31.9 Å². The predicted octanol–water partition coefficient (Wildman–Crippen LogP) is 1.43. The van der Waals surface area contributed by atoms with Crippen LogP contribution in [0.4, 0.5) is 0 Å². The number of sulfonamides is 1. The fourth-order valence-electron chi connectivity index (χ4n) is 2.43. The number of thioether (sulfide) groups is 1. The third-order valence-corrected chi connectivity index (χ3v) is 6.18. The molecule has 1 aliphatic carbocycles. The second kappa shape index (κ2) is 6.30. The van der Waals surface area contributed by atoms with Gasteiger partial charge in [-0.25, -0.2) is 13.1 Å². The van der Waals surface area contributed by atoms with Gasteiger partial charge in [-0.05, 0) is 24.7 Å². The monoisotopic (exact) mass is 303 g/mol. The summed E-state index contributed by atoms with van der Waals surface area (Å²) in [6.07, 6.45) is 4.60. The van der Waals surface area contributed by atoms with Gasteiger partial charge >= 0.3 is 0 Å². The fraction of sp³-hybridized carbons (Fsp3) is 0.667. The van der Waals surface area contributed by atoms with Crippen LogP contribution in [0.3, 0.4) is 0 Å². The second-order valence-electron chi connectivity index (χ2n) is 4.72. The van der Waals surface area contributed by atoms with E-state index in [0.717, 1.165) is 30.7 Å². The third-order valence-electron chi connectivity index (χ3n) is 3.39. The zero-order valence-corrected chi connectivity index (χ0v) is 12.7. The molecule has 0 saturated heterocycles. The molecule has 7 heteroatoms. The van der Waals surface area contributed by atoms with E-state index in [-0.39, 0.29) is 10.9 Å². The van der Waals surface area contributed by atoms with Crippen LogP contribution >= 0.6 is 11.8 Å². The Morgan fingerprint density at radius 3 is 2.95 bits per heavy atom. The van der Waals surface area contributed by atoms with Crippen molar-refractivity contribution in [1.82, 2.24) is 9.71 Å². The molecular formula is C12H21N3O2S2. The molecule has 1 aromatic heterocycles.